The number of pyridine rings is 1. The van der Waals surface area contributed by atoms with E-state index >= 15 is 0 Å². The van der Waals surface area contributed by atoms with Gasteiger partial charge in [-0.3, -0.25) is 0 Å². The molecule has 1 aliphatic heterocycles. The third-order valence-electron chi connectivity index (χ3n) is 2.81. The molecule has 0 amide bonds. The van der Waals surface area contributed by atoms with Crippen LogP contribution in [0.4, 0.5) is 5.82 Å². The third-order valence-corrected chi connectivity index (χ3v) is 2.81. The molecule has 0 unspecified atom stereocenters. The summed E-state index contributed by atoms with van der Waals surface area (Å²) in [7, 11) is 0. The monoisotopic (exact) mass is 231 g/mol. The number of hydrogen-bond donors (Lipinski definition) is 0. The van der Waals surface area contributed by atoms with Crippen LogP contribution in [-0.2, 0) is 4.74 Å². The molecule has 2 heterocycles. The maximum absolute atomic E-state index is 8.97. The van der Waals surface area contributed by atoms with E-state index in [4.69, 9.17) is 10.00 Å². The summed E-state index contributed by atoms with van der Waals surface area (Å²) in [5, 5.41) is 8.97. The number of nitrogens with zero attached hydrogens (tertiary/aromatic N) is 3. The lowest BCUT2D eigenvalue weighted by Crippen LogP contribution is -2.45. The Hall–Kier alpha value is -1.60. The minimum atomic E-state index is 0.201. The maximum Gasteiger partial charge on any atom is 0.130 e. The highest BCUT2D eigenvalue weighted by molar-refractivity contribution is 5.47. The molecule has 0 aromatic carbocycles. The Bertz CT molecular complexity index is 442. The van der Waals surface area contributed by atoms with Gasteiger partial charge in [0.2, 0.25) is 0 Å². The second-order valence-corrected chi connectivity index (χ2v) is 4.63. The summed E-state index contributed by atoms with van der Waals surface area (Å²) in [6.07, 6.45) is 0.401. The lowest BCUT2D eigenvalue weighted by Gasteiger charge is -2.36. The molecule has 0 spiro atoms. The molecule has 0 bridgehead atoms. The molecule has 2 rings (SSSR count). The van der Waals surface area contributed by atoms with Crippen molar-refractivity contribution in [1.82, 2.24) is 4.98 Å². The minimum absolute atomic E-state index is 0.201. The molecule has 0 saturated carbocycles. The molecule has 1 saturated heterocycles. The smallest absolute Gasteiger partial charge is 0.130 e. The molecule has 1 aromatic rings. The summed E-state index contributed by atoms with van der Waals surface area (Å²) in [5.41, 5.74) is 1.55. The van der Waals surface area contributed by atoms with Gasteiger partial charge in [-0.05, 0) is 32.9 Å². The Kier molecular flexibility index (Phi) is 3.30. The molecule has 0 N–H and O–H groups in total. The van der Waals surface area contributed by atoms with Crippen LogP contribution in [-0.4, -0.2) is 30.3 Å². The Morgan fingerprint density at radius 1 is 1.35 bits per heavy atom. The molecule has 0 aliphatic carbocycles. The van der Waals surface area contributed by atoms with Crippen LogP contribution in [0.25, 0.3) is 0 Å². The van der Waals surface area contributed by atoms with Crippen LogP contribution in [0.3, 0.4) is 0 Å². The second kappa shape index (κ2) is 4.72. The summed E-state index contributed by atoms with van der Waals surface area (Å²) < 4.78 is 5.69. The van der Waals surface area contributed by atoms with E-state index in [9.17, 15) is 0 Å². The van der Waals surface area contributed by atoms with Crippen molar-refractivity contribution < 1.29 is 4.74 Å². The fourth-order valence-electron chi connectivity index (χ4n) is 2.24. The van der Waals surface area contributed by atoms with Crippen molar-refractivity contribution in [2.24, 2.45) is 0 Å². The first kappa shape index (κ1) is 11.9. The number of rotatable bonds is 1. The molecule has 0 radical (unpaired) electrons. The molecule has 4 nitrogen and oxygen atoms in total. The van der Waals surface area contributed by atoms with Crippen LogP contribution in [0.2, 0.25) is 0 Å². The Morgan fingerprint density at radius 3 is 2.59 bits per heavy atom. The van der Waals surface area contributed by atoms with Crippen molar-refractivity contribution in [2.75, 3.05) is 18.0 Å². The molecular formula is C13H17N3O. The molecular weight excluding hydrogens is 214 g/mol. The number of hydrogen-bond acceptors (Lipinski definition) is 4. The van der Waals surface area contributed by atoms with Crippen molar-refractivity contribution in [3.63, 3.8) is 0 Å². The zero-order chi connectivity index (χ0) is 12.4. The summed E-state index contributed by atoms with van der Waals surface area (Å²) >= 11 is 0. The Labute approximate surface area is 102 Å². The first-order chi connectivity index (χ1) is 8.08. The summed E-state index contributed by atoms with van der Waals surface area (Å²) in [4.78, 5) is 6.68. The highest BCUT2D eigenvalue weighted by atomic mass is 16.5. The van der Waals surface area contributed by atoms with Gasteiger partial charge >= 0.3 is 0 Å². The van der Waals surface area contributed by atoms with Crippen LogP contribution >= 0.6 is 0 Å². The minimum Gasteiger partial charge on any atom is -0.372 e. The van der Waals surface area contributed by atoms with Crippen LogP contribution in [0, 0.1) is 18.3 Å². The molecule has 1 fully saturated rings. The number of ether oxygens (including phenoxy) is 1. The largest absolute Gasteiger partial charge is 0.372 e. The van der Waals surface area contributed by atoms with E-state index in [0.717, 1.165) is 24.6 Å². The molecule has 4 heteroatoms. The Morgan fingerprint density at radius 2 is 2.00 bits per heavy atom. The van der Waals surface area contributed by atoms with Crippen molar-refractivity contribution in [3.8, 4) is 6.07 Å². The highest BCUT2D eigenvalue weighted by Gasteiger charge is 2.23. The van der Waals surface area contributed by atoms with Gasteiger partial charge in [0.25, 0.3) is 0 Å². The lowest BCUT2D eigenvalue weighted by molar-refractivity contribution is -0.00546. The van der Waals surface area contributed by atoms with Crippen LogP contribution in [0.15, 0.2) is 12.1 Å². The molecule has 1 aliphatic rings. The van der Waals surface area contributed by atoms with Crippen LogP contribution in [0.1, 0.15) is 25.1 Å². The number of aromatic nitrogens is 1. The fourth-order valence-corrected chi connectivity index (χ4v) is 2.24. The normalized spacial score (nSPS) is 24.5. The average molecular weight is 231 g/mol. The molecule has 17 heavy (non-hydrogen) atoms. The molecule has 1 aromatic heterocycles. The van der Waals surface area contributed by atoms with Gasteiger partial charge in [-0.2, -0.15) is 5.26 Å². The van der Waals surface area contributed by atoms with E-state index in [2.05, 4.69) is 29.8 Å². The Balaban J connectivity index is 2.27. The predicted octanol–water partition coefficient (Wildman–Crippen LogP) is 1.88. The first-order valence-corrected chi connectivity index (χ1v) is 5.87. The zero-order valence-corrected chi connectivity index (χ0v) is 10.5. The van der Waals surface area contributed by atoms with Crippen molar-refractivity contribution in [2.45, 2.75) is 33.0 Å². The van der Waals surface area contributed by atoms with E-state index in [1.54, 1.807) is 6.07 Å². The van der Waals surface area contributed by atoms with E-state index < -0.39 is 0 Å². The van der Waals surface area contributed by atoms with Crippen molar-refractivity contribution in [1.29, 1.82) is 5.26 Å². The number of aryl methyl sites for hydroxylation is 1. The fraction of sp³-hybridized carbons (Fsp3) is 0.538. The van der Waals surface area contributed by atoms with E-state index in [0.29, 0.717) is 5.56 Å². The average Bonchev–Trinajstić information content (AvgIpc) is 2.26. The van der Waals surface area contributed by atoms with E-state index in [-0.39, 0.29) is 12.2 Å². The van der Waals surface area contributed by atoms with Gasteiger partial charge < -0.3 is 9.64 Å². The standard InChI is InChI=1S/C13H17N3O/c1-9-4-12(6-14)5-13(15-9)16-7-10(2)17-11(3)8-16/h4-5,10-11H,7-8H2,1-3H3/t10-,11+. The van der Waals surface area contributed by atoms with Crippen LogP contribution < -0.4 is 4.90 Å². The van der Waals surface area contributed by atoms with Gasteiger partial charge in [0.15, 0.2) is 0 Å². The van der Waals surface area contributed by atoms with E-state index in [1.165, 1.54) is 0 Å². The number of nitriles is 1. The topological polar surface area (TPSA) is 49.2 Å². The van der Waals surface area contributed by atoms with Crippen LogP contribution in [0.5, 0.6) is 0 Å². The molecule has 2 atom stereocenters. The number of anilines is 1. The quantitative estimate of drug-likeness (QED) is 0.740. The summed E-state index contributed by atoms with van der Waals surface area (Å²) in [6.45, 7) is 7.68. The van der Waals surface area contributed by atoms with Crippen molar-refractivity contribution in [3.05, 3.63) is 23.4 Å². The van der Waals surface area contributed by atoms with Gasteiger partial charge in [0.1, 0.15) is 5.82 Å². The van der Waals surface area contributed by atoms with Gasteiger partial charge in [0.05, 0.1) is 23.8 Å². The lowest BCUT2D eigenvalue weighted by atomic mass is 10.2. The third kappa shape index (κ3) is 2.75. The maximum atomic E-state index is 8.97. The second-order valence-electron chi connectivity index (χ2n) is 4.63. The SMILES string of the molecule is Cc1cc(C#N)cc(N2C[C@@H](C)O[C@@H](C)C2)n1. The van der Waals surface area contributed by atoms with Crippen molar-refractivity contribution >= 4 is 5.82 Å². The summed E-state index contributed by atoms with van der Waals surface area (Å²) in [6, 6.07) is 5.82. The van der Waals surface area contributed by atoms with Gasteiger partial charge in [-0.15, -0.1) is 0 Å². The number of morpholine rings is 1. The molecule has 90 valence electrons. The summed E-state index contributed by atoms with van der Waals surface area (Å²) in [5.74, 6) is 0.878. The zero-order valence-electron chi connectivity index (χ0n) is 10.5. The predicted molar refractivity (Wildman–Crippen MR) is 65.9 cm³/mol. The van der Waals surface area contributed by atoms with Gasteiger partial charge in [0, 0.05) is 18.8 Å². The highest BCUT2D eigenvalue weighted by Crippen LogP contribution is 2.20. The van der Waals surface area contributed by atoms with Gasteiger partial charge in [-0.1, -0.05) is 0 Å². The first-order valence-electron chi connectivity index (χ1n) is 5.87. The van der Waals surface area contributed by atoms with Gasteiger partial charge in [-0.25, -0.2) is 4.98 Å². The van der Waals surface area contributed by atoms with E-state index in [1.807, 2.05) is 13.0 Å².